The van der Waals surface area contributed by atoms with Crippen LogP contribution in [0, 0.1) is 0 Å². The number of alkyl halides is 1. The van der Waals surface area contributed by atoms with E-state index in [1.165, 1.54) is 0 Å². The van der Waals surface area contributed by atoms with E-state index in [1.54, 1.807) is 0 Å². The van der Waals surface area contributed by atoms with Crippen LogP contribution in [0.25, 0.3) is 0 Å². The molecule has 0 radical (unpaired) electrons. The molecule has 3 nitrogen and oxygen atoms in total. The van der Waals surface area contributed by atoms with Crippen LogP contribution in [-0.4, -0.2) is 30.5 Å². The van der Waals surface area contributed by atoms with Crippen LogP contribution >= 0.6 is 11.6 Å². The number of carbonyl (C=O) groups is 1. The van der Waals surface area contributed by atoms with Crippen LogP contribution in [0.3, 0.4) is 0 Å². The van der Waals surface area contributed by atoms with Crippen molar-refractivity contribution in [2.45, 2.75) is 25.1 Å². The SMILES string of the molecule is CCOc1ccccc1C(Cl)C(=O)N1CCCC1. The number of carbonyl (C=O) groups excluding carboxylic acids is 1. The summed E-state index contributed by atoms with van der Waals surface area (Å²) in [7, 11) is 0. The molecule has 1 aliphatic rings. The molecule has 0 spiro atoms. The van der Waals surface area contributed by atoms with E-state index in [0.717, 1.165) is 31.5 Å². The van der Waals surface area contributed by atoms with E-state index >= 15 is 0 Å². The van der Waals surface area contributed by atoms with Crippen LogP contribution in [0.4, 0.5) is 0 Å². The van der Waals surface area contributed by atoms with Gasteiger partial charge in [0.15, 0.2) is 0 Å². The molecule has 1 aromatic rings. The summed E-state index contributed by atoms with van der Waals surface area (Å²) in [5.74, 6) is 0.689. The van der Waals surface area contributed by atoms with Crippen molar-refractivity contribution >= 4 is 17.5 Å². The van der Waals surface area contributed by atoms with Crippen LogP contribution in [0.1, 0.15) is 30.7 Å². The highest BCUT2D eigenvalue weighted by Gasteiger charge is 2.27. The maximum absolute atomic E-state index is 12.2. The minimum absolute atomic E-state index is 0.0127. The van der Waals surface area contributed by atoms with E-state index in [0.29, 0.717) is 12.4 Å². The van der Waals surface area contributed by atoms with Gasteiger partial charge in [-0.2, -0.15) is 0 Å². The molecule has 0 aliphatic carbocycles. The van der Waals surface area contributed by atoms with Crippen LogP contribution in [0.2, 0.25) is 0 Å². The van der Waals surface area contributed by atoms with Crippen LogP contribution < -0.4 is 4.74 Å². The van der Waals surface area contributed by atoms with Gasteiger partial charge in [-0.15, -0.1) is 11.6 Å². The molecule has 0 aromatic heterocycles. The molecule has 0 saturated carbocycles. The van der Waals surface area contributed by atoms with Gasteiger partial charge in [0, 0.05) is 18.7 Å². The van der Waals surface area contributed by atoms with Crippen molar-refractivity contribution in [1.82, 2.24) is 4.90 Å². The molecule has 0 N–H and O–H groups in total. The molecule has 2 rings (SSSR count). The lowest BCUT2D eigenvalue weighted by Crippen LogP contribution is -2.30. The molecule has 98 valence electrons. The normalized spacial score (nSPS) is 16.7. The Kier molecular flexibility index (Phi) is 4.48. The van der Waals surface area contributed by atoms with Gasteiger partial charge in [0.1, 0.15) is 11.1 Å². The molecule has 1 heterocycles. The van der Waals surface area contributed by atoms with Crippen LogP contribution in [0.15, 0.2) is 24.3 Å². The number of benzene rings is 1. The van der Waals surface area contributed by atoms with E-state index in [9.17, 15) is 4.79 Å². The standard InChI is InChI=1S/C14H18ClNO2/c1-2-18-12-8-4-3-7-11(12)13(15)14(17)16-9-5-6-10-16/h3-4,7-8,13H,2,5-6,9-10H2,1H3. The summed E-state index contributed by atoms with van der Waals surface area (Å²) in [6, 6.07) is 7.48. The molecular formula is C14H18ClNO2. The highest BCUT2D eigenvalue weighted by molar-refractivity contribution is 6.31. The Bertz CT molecular complexity index is 416. The number of para-hydroxylation sites is 1. The van der Waals surface area contributed by atoms with Gasteiger partial charge in [-0.05, 0) is 25.8 Å². The zero-order valence-electron chi connectivity index (χ0n) is 10.6. The first-order valence-corrected chi connectivity index (χ1v) is 6.82. The zero-order valence-corrected chi connectivity index (χ0v) is 11.3. The Morgan fingerprint density at radius 1 is 1.39 bits per heavy atom. The van der Waals surface area contributed by atoms with Crippen molar-refractivity contribution in [2.24, 2.45) is 0 Å². The number of likely N-dealkylation sites (tertiary alicyclic amines) is 1. The van der Waals surface area contributed by atoms with E-state index in [1.807, 2.05) is 36.1 Å². The number of nitrogens with zero attached hydrogens (tertiary/aromatic N) is 1. The minimum Gasteiger partial charge on any atom is -0.494 e. The first kappa shape index (κ1) is 13.2. The third-order valence-corrected chi connectivity index (χ3v) is 3.55. The quantitative estimate of drug-likeness (QED) is 0.785. The fourth-order valence-corrected chi connectivity index (χ4v) is 2.53. The van der Waals surface area contributed by atoms with Crippen molar-refractivity contribution in [3.8, 4) is 5.75 Å². The lowest BCUT2D eigenvalue weighted by Gasteiger charge is -2.20. The first-order valence-electron chi connectivity index (χ1n) is 6.38. The van der Waals surface area contributed by atoms with Crippen LogP contribution in [-0.2, 0) is 4.79 Å². The number of hydrogen-bond donors (Lipinski definition) is 0. The summed E-state index contributed by atoms with van der Waals surface area (Å²) in [6.45, 7) is 4.12. The topological polar surface area (TPSA) is 29.5 Å². The monoisotopic (exact) mass is 267 g/mol. The molecule has 1 amide bonds. The lowest BCUT2D eigenvalue weighted by atomic mass is 10.1. The van der Waals surface area contributed by atoms with Gasteiger partial charge >= 0.3 is 0 Å². The van der Waals surface area contributed by atoms with Gasteiger partial charge in [0.25, 0.3) is 0 Å². The highest BCUT2D eigenvalue weighted by Crippen LogP contribution is 2.32. The van der Waals surface area contributed by atoms with E-state index in [2.05, 4.69) is 0 Å². The molecule has 1 unspecified atom stereocenters. The largest absolute Gasteiger partial charge is 0.494 e. The second kappa shape index (κ2) is 6.10. The first-order chi connectivity index (χ1) is 8.74. The van der Waals surface area contributed by atoms with E-state index < -0.39 is 5.38 Å². The number of ether oxygens (including phenoxy) is 1. The van der Waals surface area contributed by atoms with Crippen molar-refractivity contribution in [1.29, 1.82) is 0 Å². The lowest BCUT2D eigenvalue weighted by molar-refractivity contribution is -0.129. The molecule has 1 saturated heterocycles. The Balaban J connectivity index is 2.16. The molecule has 1 aliphatic heterocycles. The van der Waals surface area contributed by atoms with Gasteiger partial charge in [-0.25, -0.2) is 0 Å². The smallest absolute Gasteiger partial charge is 0.245 e. The Hall–Kier alpha value is -1.22. The van der Waals surface area contributed by atoms with Crippen molar-refractivity contribution < 1.29 is 9.53 Å². The van der Waals surface area contributed by atoms with Gasteiger partial charge in [-0.1, -0.05) is 18.2 Å². The van der Waals surface area contributed by atoms with Gasteiger partial charge in [0.2, 0.25) is 5.91 Å². The van der Waals surface area contributed by atoms with Crippen molar-refractivity contribution in [3.05, 3.63) is 29.8 Å². The van der Waals surface area contributed by atoms with E-state index in [-0.39, 0.29) is 5.91 Å². The minimum atomic E-state index is -0.647. The zero-order chi connectivity index (χ0) is 13.0. The average Bonchev–Trinajstić information content (AvgIpc) is 2.92. The Morgan fingerprint density at radius 2 is 2.06 bits per heavy atom. The molecule has 18 heavy (non-hydrogen) atoms. The summed E-state index contributed by atoms with van der Waals surface area (Å²) in [4.78, 5) is 14.1. The summed E-state index contributed by atoms with van der Waals surface area (Å²) in [6.07, 6.45) is 2.14. The maximum Gasteiger partial charge on any atom is 0.245 e. The predicted octanol–water partition coefficient (Wildman–Crippen LogP) is 2.99. The molecule has 1 aromatic carbocycles. The fourth-order valence-electron chi connectivity index (χ4n) is 2.21. The third-order valence-electron chi connectivity index (χ3n) is 3.13. The second-order valence-corrected chi connectivity index (χ2v) is 4.80. The Morgan fingerprint density at radius 3 is 2.72 bits per heavy atom. The summed E-state index contributed by atoms with van der Waals surface area (Å²) in [5, 5.41) is -0.647. The number of rotatable bonds is 4. The molecular weight excluding hydrogens is 250 g/mol. The highest BCUT2D eigenvalue weighted by atomic mass is 35.5. The van der Waals surface area contributed by atoms with Gasteiger partial charge in [-0.3, -0.25) is 4.79 Å². The number of halogens is 1. The number of amides is 1. The number of hydrogen-bond acceptors (Lipinski definition) is 2. The molecule has 4 heteroatoms. The Labute approximate surface area is 113 Å². The fraction of sp³-hybridized carbons (Fsp3) is 0.500. The molecule has 1 fully saturated rings. The molecule has 0 bridgehead atoms. The summed E-state index contributed by atoms with van der Waals surface area (Å²) in [5.41, 5.74) is 0.762. The summed E-state index contributed by atoms with van der Waals surface area (Å²) < 4.78 is 5.52. The second-order valence-electron chi connectivity index (χ2n) is 4.37. The van der Waals surface area contributed by atoms with Gasteiger partial charge < -0.3 is 9.64 Å². The molecule has 1 atom stereocenters. The third kappa shape index (κ3) is 2.78. The van der Waals surface area contributed by atoms with Gasteiger partial charge in [0.05, 0.1) is 6.61 Å². The summed E-state index contributed by atoms with van der Waals surface area (Å²) >= 11 is 6.31. The maximum atomic E-state index is 12.2. The van der Waals surface area contributed by atoms with Crippen molar-refractivity contribution in [2.75, 3.05) is 19.7 Å². The van der Waals surface area contributed by atoms with Crippen molar-refractivity contribution in [3.63, 3.8) is 0 Å². The van der Waals surface area contributed by atoms with Crippen LogP contribution in [0.5, 0.6) is 5.75 Å². The predicted molar refractivity (Wildman–Crippen MR) is 72.0 cm³/mol. The average molecular weight is 268 g/mol. The van der Waals surface area contributed by atoms with E-state index in [4.69, 9.17) is 16.3 Å².